The Morgan fingerprint density at radius 1 is 1.29 bits per heavy atom. The molecular formula is C16H20N2O3. The minimum atomic E-state index is -0.993. The van der Waals surface area contributed by atoms with Crippen molar-refractivity contribution in [2.75, 3.05) is 0 Å². The molecule has 0 aliphatic heterocycles. The van der Waals surface area contributed by atoms with E-state index in [0.717, 1.165) is 16.5 Å². The van der Waals surface area contributed by atoms with Crippen molar-refractivity contribution in [3.63, 3.8) is 0 Å². The zero-order chi connectivity index (χ0) is 15.4. The van der Waals surface area contributed by atoms with Gasteiger partial charge >= 0.3 is 5.97 Å². The summed E-state index contributed by atoms with van der Waals surface area (Å²) in [6, 6.07) is 7.15. The summed E-state index contributed by atoms with van der Waals surface area (Å²) in [5.41, 5.74) is 2.13. The van der Waals surface area contributed by atoms with Crippen LogP contribution in [0.3, 0.4) is 0 Å². The van der Waals surface area contributed by atoms with E-state index in [2.05, 4.69) is 10.3 Å². The van der Waals surface area contributed by atoms with Gasteiger partial charge in [0.1, 0.15) is 6.04 Å². The molecular weight excluding hydrogens is 268 g/mol. The summed E-state index contributed by atoms with van der Waals surface area (Å²) in [5, 5.41) is 12.7. The van der Waals surface area contributed by atoms with Gasteiger partial charge in [0, 0.05) is 18.1 Å². The average molecular weight is 288 g/mol. The molecule has 1 aromatic carbocycles. The second-order valence-electron chi connectivity index (χ2n) is 5.53. The molecule has 0 spiro atoms. The van der Waals surface area contributed by atoms with Crippen LogP contribution < -0.4 is 5.32 Å². The van der Waals surface area contributed by atoms with Crippen LogP contribution in [0.25, 0.3) is 10.9 Å². The third kappa shape index (κ3) is 3.84. The lowest BCUT2D eigenvalue weighted by molar-refractivity contribution is -0.143. The number of rotatable bonds is 6. The second-order valence-corrected chi connectivity index (χ2v) is 5.53. The molecule has 1 heterocycles. The second kappa shape index (κ2) is 6.43. The van der Waals surface area contributed by atoms with Crippen molar-refractivity contribution in [3.05, 3.63) is 36.0 Å². The number of carbonyl (C=O) groups excluding carboxylic acids is 1. The monoisotopic (exact) mass is 288 g/mol. The molecule has 5 heteroatoms. The first-order valence-corrected chi connectivity index (χ1v) is 7.05. The Bertz CT molecular complexity index is 646. The Balaban J connectivity index is 1.92. The van der Waals surface area contributed by atoms with Crippen LogP contribution in [0.15, 0.2) is 30.5 Å². The van der Waals surface area contributed by atoms with E-state index in [4.69, 9.17) is 5.11 Å². The normalized spacial score (nSPS) is 12.5. The highest BCUT2D eigenvalue weighted by Gasteiger charge is 2.22. The van der Waals surface area contributed by atoms with Gasteiger partial charge in [0.25, 0.3) is 0 Å². The molecule has 1 unspecified atom stereocenters. The maximum Gasteiger partial charge on any atom is 0.326 e. The Labute approximate surface area is 123 Å². The Hall–Kier alpha value is -2.30. The molecule has 0 aliphatic rings. The van der Waals surface area contributed by atoms with Gasteiger partial charge in [-0.3, -0.25) is 4.79 Å². The lowest BCUT2D eigenvalue weighted by Gasteiger charge is -2.17. The van der Waals surface area contributed by atoms with Crippen molar-refractivity contribution in [2.45, 2.75) is 32.7 Å². The fourth-order valence-electron chi connectivity index (χ4n) is 2.28. The summed E-state index contributed by atoms with van der Waals surface area (Å²) in [6.07, 6.45) is 2.76. The van der Waals surface area contributed by atoms with Gasteiger partial charge in [-0.1, -0.05) is 19.9 Å². The number of carbonyl (C=O) groups is 2. The number of aromatic amines is 1. The fraction of sp³-hybridized carbons (Fsp3) is 0.375. The number of hydrogen-bond donors (Lipinski definition) is 3. The van der Waals surface area contributed by atoms with Crippen molar-refractivity contribution in [1.82, 2.24) is 10.3 Å². The predicted octanol–water partition coefficient (Wildman–Crippen LogP) is 2.33. The van der Waals surface area contributed by atoms with Crippen molar-refractivity contribution in [2.24, 2.45) is 5.92 Å². The first-order valence-electron chi connectivity index (χ1n) is 7.05. The summed E-state index contributed by atoms with van der Waals surface area (Å²) in [6.45, 7) is 3.55. The van der Waals surface area contributed by atoms with E-state index in [9.17, 15) is 9.59 Å². The Kier molecular flexibility index (Phi) is 4.62. The van der Waals surface area contributed by atoms with Crippen molar-refractivity contribution >= 4 is 22.8 Å². The zero-order valence-electron chi connectivity index (χ0n) is 12.2. The molecule has 0 saturated heterocycles. The minimum absolute atomic E-state index is 0.136. The Morgan fingerprint density at radius 3 is 2.71 bits per heavy atom. The SMILES string of the molecule is CC(C)C(NC(=O)CCc1ccc2[nH]ccc2c1)C(=O)O. The molecule has 1 aromatic heterocycles. The van der Waals surface area contributed by atoms with Crippen LogP contribution in [0, 0.1) is 5.92 Å². The topological polar surface area (TPSA) is 82.2 Å². The van der Waals surface area contributed by atoms with E-state index in [-0.39, 0.29) is 18.2 Å². The van der Waals surface area contributed by atoms with Gasteiger partial charge in [-0.05, 0) is 41.5 Å². The van der Waals surface area contributed by atoms with Gasteiger partial charge in [0.2, 0.25) is 5.91 Å². The van der Waals surface area contributed by atoms with Crippen LogP contribution >= 0.6 is 0 Å². The molecule has 0 fully saturated rings. The van der Waals surface area contributed by atoms with Crippen molar-refractivity contribution in [3.8, 4) is 0 Å². The van der Waals surface area contributed by atoms with E-state index in [1.165, 1.54) is 0 Å². The van der Waals surface area contributed by atoms with Gasteiger partial charge in [-0.15, -0.1) is 0 Å². The van der Waals surface area contributed by atoms with Crippen LogP contribution in [-0.2, 0) is 16.0 Å². The van der Waals surface area contributed by atoms with E-state index >= 15 is 0 Å². The summed E-state index contributed by atoms with van der Waals surface area (Å²) in [5.74, 6) is -1.36. The van der Waals surface area contributed by atoms with Gasteiger partial charge in [-0.25, -0.2) is 4.79 Å². The van der Waals surface area contributed by atoms with Gasteiger partial charge in [-0.2, -0.15) is 0 Å². The largest absolute Gasteiger partial charge is 0.480 e. The molecule has 2 aromatic rings. The van der Waals surface area contributed by atoms with Gasteiger partial charge < -0.3 is 15.4 Å². The number of benzene rings is 1. The van der Waals surface area contributed by atoms with Crippen molar-refractivity contribution in [1.29, 1.82) is 0 Å². The third-order valence-corrected chi connectivity index (χ3v) is 3.51. The molecule has 112 valence electrons. The lowest BCUT2D eigenvalue weighted by Crippen LogP contribution is -2.44. The van der Waals surface area contributed by atoms with Crippen molar-refractivity contribution < 1.29 is 14.7 Å². The number of amides is 1. The lowest BCUT2D eigenvalue weighted by atomic mass is 10.0. The highest BCUT2D eigenvalue weighted by molar-refractivity contribution is 5.84. The maximum absolute atomic E-state index is 11.9. The fourth-order valence-corrected chi connectivity index (χ4v) is 2.28. The quantitative estimate of drug-likeness (QED) is 0.763. The zero-order valence-corrected chi connectivity index (χ0v) is 12.2. The third-order valence-electron chi connectivity index (χ3n) is 3.51. The smallest absolute Gasteiger partial charge is 0.326 e. The van der Waals surface area contributed by atoms with Crippen LogP contribution in [0.1, 0.15) is 25.8 Å². The molecule has 0 aliphatic carbocycles. The molecule has 21 heavy (non-hydrogen) atoms. The number of aryl methyl sites for hydroxylation is 1. The summed E-state index contributed by atoms with van der Waals surface area (Å²) in [4.78, 5) is 26.0. The van der Waals surface area contributed by atoms with Crippen LogP contribution in [0.5, 0.6) is 0 Å². The van der Waals surface area contributed by atoms with E-state index < -0.39 is 12.0 Å². The number of hydrogen-bond acceptors (Lipinski definition) is 2. The van der Waals surface area contributed by atoms with E-state index in [0.29, 0.717) is 6.42 Å². The first-order chi connectivity index (χ1) is 9.97. The number of aliphatic carboxylic acids is 1. The summed E-state index contributed by atoms with van der Waals surface area (Å²) in [7, 11) is 0. The molecule has 2 rings (SSSR count). The standard InChI is InChI=1S/C16H20N2O3/c1-10(2)15(16(20)21)18-14(19)6-4-11-3-5-13-12(9-11)7-8-17-13/h3,5,7-10,15,17H,4,6H2,1-2H3,(H,18,19)(H,20,21). The van der Waals surface area contributed by atoms with E-state index in [1.807, 2.05) is 30.5 Å². The van der Waals surface area contributed by atoms with Crippen LogP contribution in [0.2, 0.25) is 0 Å². The maximum atomic E-state index is 11.9. The molecule has 0 bridgehead atoms. The predicted molar refractivity (Wildman–Crippen MR) is 81.0 cm³/mol. The van der Waals surface area contributed by atoms with E-state index in [1.54, 1.807) is 13.8 Å². The summed E-state index contributed by atoms with van der Waals surface area (Å²) >= 11 is 0. The number of nitrogens with one attached hydrogen (secondary N) is 2. The number of carboxylic acid groups (broad SMARTS) is 1. The highest BCUT2D eigenvalue weighted by atomic mass is 16.4. The molecule has 3 N–H and O–H groups in total. The van der Waals surface area contributed by atoms with Crippen LogP contribution in [0.4, 0.5) is 0 Å². The molecule has 1 amide bonds. The van der Waals surface area contributed by atoms with Crippen LogP contribution in [-0.4, -0.2) is 28.0 Å². The Morgan fingerprint density at radius 2 is 2.05 bits per heavy atom. The van der Waals surface area contributed by atoms with Gasteiger partial charge in [0.15, 0.2) is 0 Å². The summed E-state index contributed by atoms with van der Waals surface area (Å²) < 4.78 is 0. The molecule has 1 atom stereocenters. The molecule has 0 saturated carbocycles. The number of carboxylic acids is 1. The highest BCUT2D eigenvalue weighted by Crippen LogP contribution is 2.15. The average Bonchev–Trinajstić information content (AvgIpc) is 2.89. The number of fused-ring (bicyclic) bond motifs is 1. The molecule has 0 radical (unpaired) electrons. The minimum Gasteiger partial charge on any atom is -0.480 e. The first kappa shape index (κ1) is 15.1. The molecule has 5 nitrogen and oxygen atoms in total. The number of H-pyrrole nitrogens is 1. The number of aromatic nitrogens is 1. The van der Waals surface area contributed by atoms with Gasteiger partial charge in [0.05, 0.1) is 0 Å².